The summed E-state index contributed by atoms with van der Waals surface area (Å²) in [5, 5.41) is 3.06. The summed E-state index contributed by atoms with van der Waals surface area (Å²) in [6, 6.07) is 9.83. The monoisotopic (exact) mass is 227 g/mol. The highest BCUT2D eigenvalue weighted by atomic mass is 16.2. The van der Waals surface area contributed by atoms with E-state index in [9.17, 15) is 4.79 Å². The molecule has 1 N–H and O–H groups in total. The first-order valence-electron chi connectivity index (χ1n) is 6.70. The van der Waals surface area contributed by atoms with E-state index in [4.69, 9.17) is 0 Å². The summed E-state index contributed by atoms with van der Waals surface area (Å²) in [6.45, 7) is 0. The van der Waals surface area contributed by atoms with Crippen molar-refractivity contribution in [2.45, 2.75) is 19.3 Å². The van der Waals surface area contributed by atoms with Gasteiger partial charge in [0, 0.05) is 11.6 Å². The molecule has 0 spiro atoms. The first-order chi connectivity index (χ1) is 8.34. The molecule has 4 rings (SSSR count). The summed E-state index contributed by atoms with van der Waals surface area (Å²) < 4.78 is 0. The zero-order valence-corrected chi connectivity index (χ0v) is 9.80. The molecule has 0 radical (unpaired) electrons. The molecular formula is C15H17NO. The Morgan fingerprint density at radius 2 is 1.71 bits per heavy atom. The van der Waals surface area contributed by atoms with Crippen LogP contribution in [0.15, 0.2) is 30.3 Å². The van der Waals surface area contributed by atoms with Crippen LogP contribution in [0.3, 0.4) is 0 Å². The van der Waals surface area contributed by atoms with Crippen LogP contribution in [0.25, 0.3) is 0 Å². The predicted octanol–water partition coefficient (Wildman–Crippen LogP) is 2.92. The Morgan fingerprint density at radius 1 is 1.06 bits per heavy atom. The number of hydrogen-bond donors (Lipinski definition) is 1. The lowest BCUT2D eigenvalue weighted by Crippen LogP contribution is -2.18. The van der Waals surface area contributed by atoms with Crippen LogP contribution in [0.1, 0.15) is 19.3 Å². The van der Waals surface area contributed by atoms with Gasteiger partial charge in [0.1, 0.15) is 0 Å². The molecule has 3 saturated carbocycles. The van der Waals surface area contributed by atoms with Gasteiger partial charge in [-0.05, 0) is 55.1 Å². The van der Waals surface area contributed by atoms with Gasteiger partial charge in [-0.3, -0.25) is 4.79 Å². The van der Waals surface area contributed by atoms with E-state index in [1.165, 1.54) is 19.3 Å². The van der Waals surface area contributed by atoms with Crippen LogP contribution >= 0.6 is 0 Å². The Balaban J connectivity index is 1.46. The van der Waals surface area contributed by atoms with E-state index in [1.54, 1.807) is 0 Å². The zero-order chi connectivity index (χ0) is 11.4. The third kappa shape index (κ3) is 1.36. The Morgan fingerprint density at radius 3 is 2.35 bits per heavy atom. The van der Waals surface area contributed by atoms with Crippen molar-refractivity contribution in [3.63, 3.8) is 0 Å². The number of carbonyl (C=O) groups is 1. The highest BCUT2D eigenvalue weighted by Crippen LogP contribution is 2.69. The fraction of sp³-hybridized carbons (Fsp3) is 0.533. The van der Waals surface area contributed by atoms with Gasteiger partial charge in [-0.1, -0.05) is 18.2 Å². The van der Waals surface area contributed by atoms with Gasteiger partial charge in [0.15, 0.2) is 0 Å². The summed E-state index contributed by atoms with van der Waals surface area (Å²) in [6.07, 6.45) is 4.16. The third-order valence-electron chi connectivity index (χ3n) is 5.08. The highest BCUT2D eigenvalue weighted by Gasteiger charge is 2.67. The molecule has 1 aromatic carbocycles. The minimum absolute atomic E-state index is 0.266. The second kappa shape index (κ2) is 3.34. The molecule has 0 aromatic heterocycles. The Kier molecular flexibility index (Phi) is 1.91. The molecule has 0 heterocycles. The lowest BCUT2D eigenvalue weighted by atomic mass is 10.0. The predicted molar refractivity (Wildman–Crippen MR) is 66.4 cm³/mol. The van der Waals surface area contributed by atoms with E-state index in [0.29, 0.717) is 5.92 Å². The van der Waals surface area contributed by atoms with Crippen LogP contribution in [-0.2, 0) is 4.79 Å². The maximum atomic E-state index is 12.2. The number of nitrogens with one attached hydrogen (secondary N) is 1. The van der Waals surface area contributed by atoms with Crippen molar-refractivity contribution in [2.24, 2.45) is 29.6 Å². The van der Waals surface area contributed by atoms with Crippen LogP contribution in [0.5, 0.6) is 0 Å². The molecule has 2 nitrogen and oxygen atoms in total. The molecule has 4 atom stereocenters. The van der Waals surface area contributed by atoms with Crippen molar-refractivity contribution in [3.8, 4) is 0 Å². The Hall–Kier alpha value is -1.31. The van der Waals surface area contributed by atoms with Crippen LogP contribution in [-0.4, -0.2) is 5.91 Å². The SMILES string of the molecule is O=C(Nc1ccccc1)C1[C@@H]2[C@H]3CC[C@@H](C3)[C@@H]12. The Bertz CT molecular complexity index is 439. The smallest absolute Gasteiger partial charge is 0.228 e. The topological polar surface area (TPSA) is 29.1 Å². The zero-order valence-electron chi connectivity index (χ0n) is 9.80. The quantitative estimate of drug-likeness (QED) is 0.827. The number of benzene rings is 1. The maximum Gasteiger partial charge on any atom is 0.228 e. The first-order valence-corrected chi connectivity index (χ1v) is 6.70. The fourth-order valence-electron chi connectivity index (χ4n) is 4.42. The van der Waals surface area contributed by atoms with Crippen molar-refractivity contribution >= 4 is 11.6 Å². The second-order valence-corrected chi connectivity index (χ2v) is 5.87. The van der Waals surface area contributed by atoms with Crippen LogP contribution in [0, 0.1) is 29.6 Å². The molecule has 3 aliphatic rings. The lowest BCUT2D eigenvalue weighted by molar-refractivity contribution is -0.118. The Labute approximate surface area is 101 Å². The van der Waals surface area contributed by atoms with E-state index < -0.39 is 0 Å². The standard InChI is InChI=1S/C15H17NO/c17-15(16-11-4-2-1-3-5-11)14-12-9-6-7-10(8-9)13(12)14/h1-5,9-10,12-14H,6-8H2,(H,16,17)/t9-,10-,12+,13+/m0/s1. The highest BCUT2D eigenvalue weighted by molar-refractivity contribution is 5.95. The van der Waals surface area contributed by atoms with Gasteiger partial charge >= 0.3 is 0 Å². The van der Waals surface area contributed by atoms with Gasteiger partial charge in [0.25, 0.3) is 0 Å². The van der Waals surface area contributed by atoms with Gasteiger partial charge in [-0.15, -0.1) is 0 Å². The van der Waals surface area contributed by atoms with Crippen molar-refractivity contribution in [1.82, 2.24) is 0 Å². The minimum Gasteiger partial charge on any atom is -0.326 e. The molecule has 2 bridgehead atoms. The van der Waals surface area contributed by atoms with E-state index in [2.05, 4.69) is 5.32 Å². The summed E-state index contributed by atoms with van der Waals surface area (Å²) >= 11 is 0. The van der Waals surface area contributed by atoms with Crippen molar-refractivity contribution < 1.29 is 4.79 Å². The summed E-state index contributed by atoms with van der Waals surface area (Å²) in [4.78, 5) is 12.2. The van der Waals surface area contributed by atoms with Crippen molar-refractivity contribution in [2.75, 3.05) is 5.32 Å². The molecule has 0 aliphatic heterocycles. The second-order valence-electron chi connectivity index (χ2n) is 5.87. The number of amides is 1. The number of hydrogen-bond acceptors (Lipinski definition) is 1. The normalized spacial score (nSPS) is 41.1. The molecule has 0 saturated heterocycles. The molecule has 3 aliphatic carbocycles. The summed E-state index contributed by atoms with van der Waals surface area (Å²) in [5.41, 5.74) is 0.940. The lowest BCUT2D eigenvalue weighted by Gasteiger charge is -2.09. The summed E-state index contributed by atoms with van der Waals surface area (Å²) in [5.74, 6) is 3.81. The van der Waals surface area contributed by atoms with Crippen molar-refractivity contribution in [1.29, 1.82) is 0 Å². The fourth-order valence-corrected chi connectivity index (χ4v) is 4.42. The number of rotatable bonds is 2. The average Bonchev–Trinajstić information content (AvgIpc) is 2.80. The molecule has 88 valence electrons. The average molecular weight is 227 g/mol. The van der Waals surface area contributed by atoms with E-state index in [-0.39, 0.29) is 5.91 Å². The van der Waals surface area contributed by atoms with Crippen LogP contribution < -0.4 is 5.32 Å². The van der Waals surface area contributed by atoms with Gasteiger partial charge in [0.2, 0.25) is 5.91 Å². The van der Waals surface area contributed by atoms with E-state index in [1.807, 2.05) is 30.3 Å². The van der Waals surface area contributed by atoms with Gasteiger partial charge in [-0.25, -0.2) is 0 Å². The molecule has 3 fully saturated rings. The van der Waals surface area contributed by atoms with Crippen LogP contribution in [0.2, 0.25) is 0 Å². The first kappa shape index (κ1) is 9.69. The van der Waals surface area contributed by atoms with E-state index >= 15 is 0 Å². The third-order valence-corrected chi connectivity index (χ3v) is 5.08. The van der Waals surface area contributed by atoms with Gasteiger partial charge < -0.3 is 5.32 Å². The van der Waals surface area contributed by atoms with Gasteiger partial charge in [-0.2, -0.15) is 0 Å². The van der Waals surface area contributed by atoms with Gasteiger partial charge in [0.05, 0.1) is 0 Å². The van der Waals surface area contributed by atoms with E-state index in [0.717, 1.165) is 29.4 Å². The number of anilines is 1. The molecule has 17 heavy (non-hydrogen) atoms. The maximum absolute atomic E-state index is 12.2. The largest absolute Gasteiger partial charge is 0.326 e. The number of carbonyl (C=O) groups excluding carboxylic acids is 1. The number of para-hydroxylation sites is 1. The van der Waals surface area contributed by atoms with Crippen molar-refractivity contribution in [3.05, 3.63) is 30.3 Å². The molecule has 1 aromatic rings. The minimum atomic E-state index is 0.266. The molecule has 0 unspecified atom stereocenters. The summed E-state index contributed by atoms with van der Waals surface area (Å²) in [7, 11) is 0. The van der Waals surface area contributed by atoms with Crippen LogP contribution in [0.4, 0.5) is 5.69 Å². The molecule has 2 heteroatoms. The molecule has 1 amide bonds. The molecular weight excluding hydrogens is 210 g/mol. The number of fused-ring (bicyclic) bond motifs is 5.